The quantitative estimate of drug-likeness (QED) is 0.422. The lowest BCUT2D eigenvalue weighted by Gasteiger charge is -2.07. The van der Waals surface area contributed by atoms with E-state index in [1.807, 2.05) is 18.2 Å². The molecular weight excluding hydrogens is 335 g/mol. The van der Waals surface area contributed by atoms with Gasteiger partial charge in [0.25, 0.3) is 0 Å². The van der Waals surface area contributed by atoms with E-state index >= 15 is 0 Å². The third-order valence-corrected chi connectivity index (χ3v) is 3.44. The summed E-state index contributed by atoms with van der Waals surface area (Å²) in [5.41, 5.74) is 11.4. The van der Waals surface area contributed by atoms with Crippen LogP contribution >= 0.6 is 34.2 Å². The van der Waals surface area contributed by atoms with Crippen molar-refractivity contribution in [2.24, 2.45) is 0 Å². The van der Waals surface area contributed by atoms with Crippen LogP contribution in [0, 0.1) is 6.07 Å². The van der Waals surface area contributed by atoms with Gasteiger partial charge in [-0.2, -0.15) is 4.79 Å². The molecule has 2 rings (SSSR count). The molecule has 0 saturated heterocycles. The van der Waals surface area contributed by atoms with E-state index in [0.717, 1.165) is 14.7 Å². The van der Waals surface area contributed by atoms with Gasteiger partial charge in [0, 0.05) is 5.02 Å². The van der Waals surface area contributed by atoms with E-state index in [2.05, 4.69) is 33.4 Å². The van der Waals surface area contributed by atoms with Gasteiger partial charge in [-0.1, -0.05) is 23.7 Å². The summed E-state index contributed by atoms with van der Waals surface area (Å²) in [6.07, 6.45) is 4.58. The molecule has 1 aromatic rings. The maximum atomic E-state index is 8.75. The second-order valence-corrected chi connectivity index (χ2v) is 4.92. The predicted molar refractivity (Wildman–Crippen MR) is 73.6 cm³/mol. The third kappa shape index (κ3) is 2.43. The number of hydrogen-bond acceptors (Lipinski definition) is 0. The normalized spacial score (nSPS) is 15.2. The average Bonchev–Trinajstić information content (AvgIpc) is 2.29. The van der Waals surface area contributed by atoms with Gasteiger partial charge < -0.3 is 5.53 Å². The number of rotatable bonds is 1. The fraction of sp³-hybridized carbons (Fsp3) is 0.0833. The summed E-state index contributed by atoms with van der Waals surface area (Å²) in [6.45, 7) is 0. The van der Waals surface area contributed by atoms with Crippen molar-refractivity contribution in [1.82, 2.24) is 0 Å². The first-order valence-electron chi connectivity index (χ1n) is 4.67. The average molecular weight is 342 g/mol. The Balaban J connectivity index is 2.39. The Morgan fingerprint density at radius 1 is 1.50 bits per heavy atom. The van der Waals surface area contributed by atoms with Gasteiger partial charge >= 0.3 is 5.71 Å². The van der Waals surface area contributed by atoms with Gasteiger partial charge in [0.05, 0.1) is 10.0 Å². The van der Waals surface area contributed by atoms with Crippen molar-refractivity contribution >= 4 is 45.5 Å². The minimum absolute atomic E-state index is 0.626. The molecule has 0 fully saturated rings. The van der Waals surface area contributed by atoms with E-state index in [1.165, 1.54) is 0 Å². The van der Waals surface area contributed by atoms with E-state index in [-0.39, 0.29) is 0 Å². The molecule has 1 aromatic carbocycles. The number of benzene rings is 1. The molecule has 0 spiro atoms. The molecule has 1 aliphatic rings. The Kier molecular flexibility index (Phi) is 3.59. The standard InChI is InChI=1S/C12H7ClIN2/c13-10-3-1-2-8(6-10)9-4-5-12(16-15)11(14)7-9/h1,3-4,6-7H,5H2. The Bertz CT molecular complexity index is 540. The lowest BCUT2D eigenvalue weighted by molar-refractivity contribution is -0.00552. The highest BCUT2D eigenvalue weighted by molar-refractivity contribution is 14.1. The zero-order valence-corrected chi connectivity index (χ0v) is 11.2. The summed E-state index contributed by atoms with van der Waals surface area (Å²) in [5.74, 6) is 0. The molecule has 0 aromatic heterocycles. The van der Waals surface area contributed by atoms with Crippen LogP contribution in [0.4, 0.5) is 0 Å². The Labute approximate surface area is 112 Å². The second-order valence-electron chi connectivity index (χ2n) is 3.32. The number of nitrogens with zero attached hydrogens (tertiary/aromatic N) is 2. The second kappa shape index (κ2) is 4.95. The van der Waals surface area contributed by atoms with Gasteiger partial charge in [-0.05, 0) is 58.0 Å². The summed E-state index contributed by atoms with van der Waals surface area (Å²) in [7, 11) is 0. The molecule has 0 saturated carbocycles. The van der Waals surface area contributed by atoms with Crippen LogP contribution in [-0.4, -0.2) is 10.5 Å². The first-order valence-corrected chi connectivity index (χ1v) is 6.12. The Morgan fingerprint density at radius 2 is 2.31 bits per heavy atom. The number of halogens is 2. The predicted octanol–water partition coefficient (Wildman–Crippen LogP) is 3.92. The molecule has 16 heavy (non-hydrogen) atoms. The van der Waals surface area contributed by atoms with Crippen LogP contribution in [0.3, 0.4) is 0 Å². The number of allylic oxidation sites excluding steroid dienone is 4. The highest BCUT2D eigenvalue weighted by atomic mass is 127. The molecule has 0 bridgehead atoms. The maximum Gasteiger partial charge on any atom is 0.308 e. The minimum atomic E-state index is 0.626. The fourth-order valence-electron chi connectivity index (χ4n) is 1.46. The molecule has 1 aliphatic carbocycles. The summed E-state index contributed by atoms with van der Waals surface area (Å²) in [6, 6.07) is 8.60. The van der Waals surface area contributed by atoms with E-state index in [4.69, 9.17) is 17.1 Å². The number of hydrogen-bond donors (Lipinski definition) is 0. The highest BCUT2D eigenvalue weighted by Gasteiger charge is 2.17. The van der Waals surface area contributed by atoms with Gasteiger partial charge in [0.15, 0.2) is 0 Å². The van der Waals surface area contributed by atoms with Crippen molar-refractivity contribution in [2.75, 3.05) is 0 Å². The molecule has 0 atom stereocenters. The van der Waals surface area contributed by atoms with Gasteiger partial charge in [0.2, 0.25) is 0 Å². The summed E-state index contributed by atoms with van der Waals surface area (Å²) >= 11 is 8.07. The van der Waals surface area contributed by atoms with E-state index in [0.29, 0.717) is 17.2 Å². The highest BCUT2D eigenvalue weighted by Crippen LogP contribution is 2.27. The van der Waals surface area contributed by atoms with Crippen LogP contribution in [0.25, 0.3) is 11.1 Å². The fourth-order valence-corrected chi connectivity index (χ4v) is 2.30. The topological polar surface area (TPSA) is 36.4 Å². The molecular formula is C12H7ClIN2. The molecule has 0 aliphatic heterocycles. The Hall–Kier alpha value is -0.900. The van der Waals surface area contributed by atoms with Crippen LogP contribution in [0.2, 0.25) is 5.02 Å². The van der Waals surface area contributed by atoms with Crippen LogP contribution in [-0.2, 0) is 0 Å². The van der Waals surface area contributed by atoms with Crippen molar-refractivity contribution in [3.8, 4) is 0 Å². The monoisotopic (exact) mass is 341 g/mol. The molecule has 1 radical (unpaired) electrons. The lowest BCUT2D eigenvalue weighted by Crippen LogP contribution is -2.03. The van der Waals surface area contributed by atoms with E-state index in [1.54, 1.807) is 12.1 Å². The molecule has 0 unspecified atom stereocenters. The van der Waals surface area contributed by atoms with Crippen molar-refractivity contribution in [3.05, 3.63) is 56.1 Å². The van der Waals surface area contributed by atoms with E-state index < -0.39 is 0 Å². The molecule has 0 N–H and O–H groups in total. The van der Waals surface area contributed by atoms with Crippen LogP contribution in [0.1, 0.15) is 12.0 Å². The van der Waals surface area contributed by atoms with Gasteiger partial charge in [-0.25, -0.2) is 0 Å². The first kappa shape index (κ1) is 11.6. The van der Waals surface area contributed by atoms with Gasteiger partial charge in [0.1, 0.15) is 0 Å². The van der Waals surface area contributed by atoms with Crippen LogP contribution in [0.5, 0.6) is 0 Å². The summed E-state index contributed by atoms with van der Waals surface area (Å²) in [5, 5.41) is 0.694. The minimum Gasteiger partial charge on any atom is -0.361 e. The van der Waals surface area contributed by atoms with Gasteiger partial charge in [-0.15, -0.1) is 0 Å². The van der Waals surface area contributed by atoms with Crippen molar-refractivity contribution in [2.45, 2.75) is 6.42 Å². The molecule has 0 heterocycles. The summed E-state index contributed by atoms with van der Waals surface area (Å²) < 4.78 is 0.936. The Morgan fingerprint density at radius 3 is 2.94 bits per heavy atom. The molecule has 79 valence electrons. The van der Waals surface area contributed by atoms with Crippen molar-refractivity contribution < 1.29 is 4.79 Å². The van der Waals surface area contributed by atoms with Crippen molar-refractivity contribution in [1.29, 1.82) is 0 Å². The zero-order chi connectivity index (χ0) is 11.5. The smallest absolute Gasteiger partial charge is 0.308 e. The van der Waals surface area contributed by atoms with E-state index in [9.17, 15) is 0 Å². The van der Waals surface area contributed by atoms with Crippen LogP contribution in [0.15, 0.2) is 33.9 Å². The molecule has 0 amide bonds. The SMILES string of the molecule is [N-]=[N+]=C1CC=C(c2[c]ccc(Cl)c2)C=C1I. The summed E-state index contributed by atoms with van der Waals surface area (Å²) in [4.78, 5) is 3.23. The molecule has 4 heteroatoms. The maximum absolute atomic E-state index is 8.75. The zero-order valence-electron chi connectivity index (χ0n) is 8.24. The molecule has 2 nitrogen and oxygen atoms in total. The van der Waals surface area contributed by atoms with Gasteiger partial charge in [-0.3, -0.25) is 0 Å². The van der Waals surface area contributed by atoms with Crippen molar-refractivity contribution in [3.63, 3.8) is 0 Å². The largest absolute Gasteiger partial charge is 0.361 e. The lowest BCUT2D eigenvalue weighted by atomic mass is 9.99. The van der Waals surface area contributed by atoms with Crippen LogP contribution < -0.4 is 0 Å². The third-order valence-electron chi connectivity index (χ3n) is 2.27. The first-order chi connectivity index (χ1) is 7.70.